The first-order valence-corrected chi connectivity index (χ1v) is 6.64. The lowest BCUT2D eigenvalue weighted by Crippen LogP contribution is -2.42. The molecule has 5 nitrogen and oxygen atoms in total. The van der Waals surface area contributed by atoms with Crippen molar-refractivity contribution in [1.29, 1.82) is 0 Å². The second-order valence-electron chi connectivity index (χ2n) is 4.64. The van der Waals surface area contributed by atoms with Crippen molar-refractivity contribution >= 4 is 23.2 Å². The molecule has 0 fully saturated rings. The molecule has 0 saturated carbocycles. The summed E-state index contributed by atoms with van der Waals surface area (Å²) >= 11 is 0. The maximum atomic E-state index is 11.9. The molecule has 102 valence electrons. The van der Waals surface area contributed by atoms with E-state index in [0.717, 1.165) is 24.2 Å². The van der Waals surface area contributed by atoms with E-state index in [0.29, 0.717) is 6.54 Å². The van der Waals surface area contributed by atoms with Crippen LogP contribution in [0.15, 0.2) is 24.3 Å². The van der Waals surface area contributed by atoms with Crippen LogP contribution in [0, 0.1) is 0 Å². The van der Waals surface area contributed by atoms with Gasteiger partial charge in [0.15, 0.2) is 0 Å². The molecular weight excluding hydrogens is 242 g/mol. The van der Waals surface area contributed by atoms with Gasteiger partial charge in [0.1, 0.15) is 6.04 Å². The molecule has 3 N–H and O–H groups in total. The van der Waals surface area contributed by atoms with Crippen LogP contribution in [0.3, 0.4) is 0 Å². The van der Waals surface area contributed by atoms with Gasteiger partial charge in [-0.15, -0.1) is 0 Å². The van der Waals surface area contributed by atoms with Crippen molar-refractivity contribution in [3.05, 3.63) is 24.3 Å². The van der Waals surface area contributed by atoms with E-state index in [9.17, 15) is 9.59 Å². The molecular formula is C14H19N3O2. The summed E-state index contributed by atoms with van der Waals surface area (Å²) in [4.78, 5) is 23.6. The molecule has 0 unspecified atom stereocenters. The van der Waals surface area contributed by atoms with Gasteiger partial charge in [0.2, 0.25) is 11.8 Å². The Morgan fingerprint density at radius 2 is 2.05 bits per heavy atom. The largest absolute Gasteiger partial charge is 0.372 e. The van der Waals surface area contributed by atoms with Crippen molar-refractivity contribution < 1.29 is 9.59 Å². The summed E-state index contributed by atoms with van der Waals surface area (Å²) < 4.78 is 0. The highest BCUT2D eigenvalue weighted by Crippen LogP contribution is 2.26. The van der Waals surface area contributed by atoms with Crippen molar-refractivity contribution in [3.8, 4) is 0 Å². The minimum Gasteiger partial charge on any atom is -0.372 e. The number of rotatable bonds is 5. The number of amides is 2. The first-order valence-electron chi connectivity index (χ1n) is 6.64. The molecule has 0 bridgehead atoms. The fraction of sp³-hybridized carbons (Fsp3) is 0.429. The van der Waals surface area contributed by atoms with Gasteiger partial charge in [-0.25, -0.2) is 0 Å². The van der Waals surface area contributed by atoms with Crippen LogP contribution in [0.5, 0.6) is 0 Å². The summed E-state index contributed by atoms with van der Waals surface area (Å²) in [5.74, 6) is -0.259. The molecule has 2 amide bonds. The van der Waals surface area contributed by atoms with Crippen LogP contribution in [-0.4, -0.2) is 24.4 Å². The fourth-order valence-corrected chi connectivity index (χ4v) is 2.00. The first-order chi connectivity index (χ1) is 9.20. The number of fused-ring (bicyclic) bond motifs is 1. The third-order valence-electron chi connectivity index (χ3n) is 3.07. The zero-order valence-corrected chi connectivity index (χ0v) is 11.0. The quantitative estimate of drug-likeness (QED) is 0.707. The highest BCUT2D eigenvalue weighted by molar-refractivity contribution is 6.04. The van der Waals surface area contributed by atoms with Crippen molar-refractivity contribution in [3.63, 3.8) is 0 Å². The number of benzene rings is 1. The number of carbonyl (C=O) groups excluding carboxylic acids is 2. The van der Waals surface area contributed by atoms with Crippen LogP contribution >= 0.6 is 0 Å². The third-order valence-corrected chi connectivity index (χ3v) is 3.07. The van der Waals surface area contributed by atoms with E-state index in [-0.39, 0.29) is 18.2 Å². The molecule has 0 aromatic heterocycles. The van der Waals surface area contributed by atoms with Gasteiger partial charge < -0.3 is 16.0 Å². The van der Waals surface area contributed by atoms with Gasteiger partial charge in [0.25, 0.3) is 0 Å². The van der Waals surface area contributed by atoms with Gasteiger partial charge in [0.05, 0.1) is 17.8 Å². The highest BCUT2D eigenvalue weighted by Gasteiger charge is 2.26. The van der Waals surface area contributed by atoms with E-state index in [2.05, 4.69) is 22.9 Å². The zero-order chi connectivity index (χ0) is 13.7. The van der Waals surface area contributed by atoms with E-state index in [1.165, 1.54) is 0 Å². The Morgan fingerprint density at radius 3 is 2.79 bits per heavy atom. The van der Waals surface area contributed by atoms with E-state index >= 15 is 0 Å². The maximum absolute atomic E-state index is 11.9. The Hall–Kier alpha value is -2.04. The van der Waals surface area contributed by atoms with E-state index in [1.54, 1.807) is 0 Å². The van der Waals surface area contributed by atoms with Gasteiger partial charge in [0, 0.05) is 6.54 Å². The van der Waals surface area contributed by atoms with Crippen molar-refractivity contribution in [2.24, 2.45) is 0 Å². The number of nitrogens with one attached hydrogen (secondary N) is 3. The Bertz CT molecular complexity index is 474. The Morgan fingerprint density at radius 1 is 1.32 bits per heavy atom. The monoisotopic (exact) mass is 261 g/mol. The van der Waals surface area contributed by atoms with E-state index < -0.39 is 6.04 Å². The number of anilines is 2. The minimum absolute atomic E-state index is 0.0968. The van der Waals surface area contributed by atoms with Gasteiger partial charge in [-0.05, 0) is 18.6 Å². The van der Waals surface area contributed by atoms with Gasteiger partial charge in [-0.2, -0.15) is 0 Å². The molecule has 2 rings (SSSR count). The summed E-state index contributed by atoms with van der Waals surface area (Å²) in [7, 11) is 0. The molecule has 19 heavy (non-hydrogen) atoms. The van der Waals surface area contributed by atoms with Crippen molar-refractivity contribution in [2.75, 3.05) is 17.2 Å². The summed E-state index contributed by atoms with van der Waals surface area (Å²) in [5, 5.41) is 8.71. The predicted octanol–water partition coefficient (Wildman–Crippen LogP) is 1.73. The Balaban J connectivity index is 1.92. The van der Waals surface area contributed by atoms with Gasteiger partial charge in [-0.1, -0.05) is 25.5 Å². The average molecular weight is 261 g/mol. The molecule has 1 aromatic rings. The number of hydrogen-bond acceptors (Lipinski definition) is 3. The summed E-state index contributed by atoms with van der Waals surface area (Å²) in [6.07, 6.45) is 2.15. The number of unbranched alkanes of at least 4 members (excludes halogenated alkanes) is 1. The summed E-state index contributed by atoms with van der Waals surface area (Å²) in [5.41, 5.74) is 1.61. The summed E-state index contributed by atoms with van der Waals surface area (Å²) in [6, 6.07) is 6.96. The summed E-state index contributed by atoms with van der Waals surface area (Å²) in [6.45, 7) is 2.74. The molecule has 5 heteroatoms. The standard InChI is InChI=1S/C14H19N3O2/c1-2-3-8-15-13(18)9-12-14(19)17-11-7-5-4-6-10(11)16-12/h4-7,12,16H,2-3,8-9H2,1H3,(H,15,18)(H,17,19)/t12-/m0/s1. The Kier molecular flexibility index (Phi) is 4.39. The molecule has 1 aromatic carbocycles. The molecule has 1 aliphatic rings. The normalized spacial score (nSPS) is 17.1. The maximum Gasteiger partial charge on any atom is 0.247 e. The number of para-hydroxylation sites is 2. The lowest BCUT2D eigenvalue weighted by Gasteiger charge is -2.26. The molecule has 0 radical (unpaired) electrons. The molecule has 1 atom stereocenters. The van der Waals surface area contributed by atoms with Crippen molar-refractivity contribution in [2.45, 2.75) is 32.2 Å². The smallest absolute Gasteiger partial charge is 0.247 e. The van der Waals surface area contributed by atoms with E-state index in [1.807, 2.05) is 24.3 Å². The molecule has 1 heterocycles. The van der Waals surface area contributed by atoms with Crippen LogP contribution in [0.1, 0.15) is 26.2 Å². The fourth-order valence-electron chi connectivity index (χ4n) is 2.00. The first kappa shape index (κ1) is 13.4. The van der Waals surface area contributed by atoms with Gasteiger partial charge >= 0.3 is 0 Å². The Labute approximate surface area is 112 Å². The molecule has 1 aliphatic heterocycles. The third kappa shape index (κ3) is 3.47. The van der Waals surface area contributed by atoms with Gasteiger partial charge in [-0.3, -0.25) is 9.59 Å². The lowest BCUT2D eigenvalue weighted by atomic mass is 10.1. The SMILES string of the molecule is CCCCNC(=O)C[C@@H]1Nc2ccccc2NC1=O. The topological polar surface area (TPSA) is 70.2 Å². The van der Waals surface area contributed by atoms with Crippen LogP contribution in [-0.2, 0) is 9.59 Å². The van der Waals surface area contributed by atoms with Crippen LogP contribution < -0.4 is 16.0 Å². The van der Waals surface area contributed by atoms with Crippen LogP contribution in [0.2, 0.25) is 0 Å². The molecule has 0 spiro atoms. The highest BCUT2D eigenvalue weighted by atomic mass is 16.2. The number of hydrogen-bond donors (Lipinski definition) is 3. The van der Waals surface area contributed by atoms with E-state index in [4.69, 9.17) is 0 Å². The average Bonchev–Trinajstić information content (AvgIpc) is 2.40. The van der Waals surface area contributed by atoms with Crippen molar-refractivity contribution in [1.82, 2.24) is 5.32 Å². The zero-order valence-electron chi connectivity index (χ0n) is 11.0. The predicted molar refractivity (Wildman–Crippen MR) is 75.0 cm³/mol. The second-order valence-corrected chi connectivity index (χ2v) is 4.64. The van der Waals surface area contributed by atoms with Crippen LogP contribution in [0.25, 0.3) is 0 Å². The molecule has 0 aliphatic carbocycles. The van der Waals surface area contributed by atoms with Crippen LogP contribution in [0.4, 0.5) is 11.4 Å². The lowest BCUT2D eigenvalue weighted by molar-refractivity contribution is -0.125. The molecule has 0 saturated heterocycles. The number of carbonyl (C=O) groups is 2. The minimum atomic E-state index is -0.503. The second kappa shape index (κ2) is 6.22.